The third-order valence-electron chi connectivity index (χ3n) is 4.59. The van der Waals surface area contributed by atoms with Crippen LogP contribution in [-0.4, -0.2) is 14.8 Å². The van der Waals surface area contributed by atoms with Gasteiger partial charge >= 0.3 is 0 Å². The first-order valence-electron chi connectivity index (χ1n) is 7.94. The van der Waals surface area contributed by atoms with Gasteiger partial charge in [0.15, 0.2) is 4.77 Å². The molecule has 4 heteroatoms. The lowest BCUT2D eigenvalue weighted by Gasteiger charge is -2.08. The first-order chi connectivity index (χ1) is 11.1. The van der Waals surface area contributed by atoms with Gasteiger partial charge in [0.1, 0.15) is 5.82 Å². The van der Waals surface area contributed by atoms with Crippen LogP contribution >= 0.6 is 12.2 Å². The van der Waals surface area contributed by atoms with Crippen molar-refractivity contribution in [2.24, 2.45) is 0 Å². The van der Waals surface area contributed by atoms with Crippen molar-refractivity contribution in [3.8, 4) is 5.69 Å². The van der Waals surface area contributed by atoms with E-state index in [1.807, 2.05) is 0 Å². The minimum Gasteiger partial charge on any atom is -0.272 e. The molecule has 1 aliphatic carbocycles. The van der Waals surface area contributed by atoms with Crippen LogP contribution in [-0.2, 0) is 0 Å². The fourth-order valence-corrected chi connectivity index (χ4v) is 3.48. The van der Waals surface area contributed by atoms with Crippen LogP contribution in [0.1, 0.15) is 40.8 Å². The van der Waals surface area contributed by atoms with Gasteiger partial charge in [0.2, 0.25) is 0 Å². The number of hydrogen-bond donors (Lipinski definition) is 1. The molecule has 3 aromatic rings. The highest BCUT2D eigenvalue weighted by Crippen LogP contribution is 2.54. The molecule has 2 atom stereocenters. The lowest BCUT2D eigenvalue weighted by atomic mass is 10.1. The first kappa shape index (κ1) is 14.4. The van der Waals surface area contributed by atoms with E-state index >= 15 is 0 Å². The summed E-state index contributed by atoms with van der Waals surface area (Å²) in [6, 6.07) is 17.2. The van der Waals surface area contributed by atoms with Crippen molar-refractivity contribution < 1.29 is 0 Å². The second-order valence-electron chi connectivity index (χ2n) is 6.42. The predicted molar refractivity (Wildman–Crippen MR) is 94.8 cm³/mol. The number of aryl methyl sites for hydroxylation is 2. The molecule has 0 aliphatic heterocycles. The van der Waals surface area contributed by atoms with Gasteiger partial charge in [-0.05, 0) is 61.7 Å². The summed E-state index contributed by atoms with van der Waals surface area (Å²) < 4.78 is 2.75. The van der Waals surface area contributed by atoms with E-state index in [2.05, 4.69) is 77.1 Å². The van der Waals surface area contributed by atoms with Crippen molar-refractivity contribution in [1.82, 2.24) is 14.8 Å². The molecular weight excluding hydrogens is 302 g/mol. The van der Waals surface area contributed by atoms with Gasteiger partial charge in [-0.3, -0.25) is 9.67 Å². The Morgan fingerprint density at radius 1 is 1.04 bits per heavy atom. The molecule has 0 bridgehead atoms. The van der Waals surface area contributed by atoms with Crippen LogP contribution in [0.3, 0.4) is 0 Å². The van der Waals surface area contributed by atoms with Crippen molar-refractivity contribution in [3.63, 3.8) is 0 Å². The third kappa shape index (κ3) is 2.63. The highest BCUT2D eigenvalue weighted by atomic mass is 32.1. The van der Waals surface area contributed by atoms with E-state index in [0.29, 0.717) is 16.6 Å². The topological polar surface area (TPSA) is 33.6 Å². The van der Waals surface area contributed by atoms with E-state index in [4.69, 9.17) is 12.2 Å². The van der Waals surface area contributed by atoms with Crippen molar-refractivity contribution in [3.05, 3.63) is 75.8 Å². The molecular formula is C19H19N3S. The summed E-state index contributed by atoms with van der Waals surface area (Å²) in [5.74, 6) is 2.03. The largest absolute Gasteiger partial charge is 0.272 e. The summed E-state index contributed by atoms with van der Waals surface area (Å²) in [5, 5.41) is 7.50. The summed E-state index contributed by atoms with van der Waals surface area (Å²) in [7, 11) is 0. The van der Waals surface area contributed by atoms with E-state index < -0.39 is 0 Å². The highest BCUT2D eigenvalue weighted by Gasteiger charge is 2.43. The van der Waals surface area contributed by atoms with Gasteiger partial charge in [-0.2, -0.15) is 5.10 Å². The van der Waals surface area contributed by atoms with Gasteiger partial charge < -0.3 is 0 Å². The third-order valence-corrected chi connectivity index (χ3v) is 4.86. The molecule has 116 valence electrons. The van der Waals surface area contributed by atoms with Crippen LogP contribution in [0.15, 0.2) is 48.5 Å². The quantitative estimate of drug-likeness (QED) is 0.702. The number of hydrogen-bond acceptors (Lipinski definition) is 2. The minimum atomic E-state index is 0.436. The van der Waals surface area contributed by atoms with E-state index in [-0.39, 0.29) is 0 Å². The number of aromatic amines is 1. The molecule has 1 aromatic heterocycles. The summed E-state index contributed by atoms with van der Waals surface area (Å²) >= 11 is 5.46. The monoisotopic (exact) mass is 321 g/mol. The first-order valence-corrected chi connectivity index (χ1v) is 8.35. The molecule has 0 amide bonds. The zero-order valence-corrected chi connectivity index (χ0v) is 14.1. The molecule has 1 saturated carbocycles. The zero-order chi connectivity index (χ0) is 16.0. The number of nitrogens with one attached hydrogen (secondary N) is 1. The Balaban J connectivity index is 1.69. The molecule has 1 N–H and O–H groups in total. The van der Waals surface area contributed by atoms with Crippen molar-refractivity contribution in [1.29, 1.82) is 0 Å². The number of aromatic nitrogens is 3. The fraction of sp³-hybridized carbons (Fsp3) is 0.263. The Bertz CT molecular complexity index is 905. The SMILES string of the molecule is Cc1ccc([C@H]2C[C@@H]2c2n[nH]c(=S)n2-c2cccc(C)c2)cc1. The van der Waals surface area contributed by atoms with Gasteiger partial charge in [0, 0.05) is 11.6 Å². The lowest BCUT2D eigenvalue weighted by Crippen LogP contribution is -2.01. The lowest BCUT2D eigenvalue weighted by molar-refractivity contribution is 0.845. The van der Waals surface area contributed by atoms with Gasteiger partial charge in [0.05, 0.1) is 0 Å². The molecule has 0 radical (unpaired) electrons. The van der Waals surface area contributed by atoms with E-state index in [9.17, 15) is 0 Å². The number of benzene rings is 2. The van der Waals surface area contributed by atoms with Crippen LogP contribution in [0, 0.1) is 18.6 Å². The second-order valence-corrected chi connectivity index (χ2v) is 6.81. The maximum Gasteiger partial charge on any atom is 0.199 e. The average Bonchev–Trinajstić information content (AvgIpc) is 3.23. The molecule has 2 aromatic carbocycles. The average molecular weight is 321 g/mol. The normalized spacial score (nSPS) is 19.7. The molecule has 0 spiro atoms. The molecule has 3 nitrogen and oxygen atoms in total. The molecule has 1 aliphatic rings. The highest BCUT2D eigenvalue weighted by molar-refractivity contribution is 7.71. The van der Waals surface area contributed by atoms with Gasteiger partial charge in [-0.25, -0.2) is 0 Å². The maximum absolute atomic E-state index is 5.46. The number of rotatable bonds is 3. The predicted octanol–water partition coefficient (Wildman–Crippen LogP) is 4.82. The van der Waals surface area contributed by atoms with Gasteiger partial charge in [-0.1, -0.05) is 42.0 Å². The molecule has 1 heterocycles. The van der Waals surface area contributed by atoms with Gasteiger partial charge in [0.25, 0.3) is 0 Å². The molecule has 0 saturated heterocycles. The second kappa shape index (κ2) is 5.46. The Hall–Kier alpha value is -2.20. The molecule has 23 heavy (non-hydrogen) atoms. The van der Waals surface area contributed by atoms with Crippen LogP contribution < -0.4 is 0 Å². The van der Waals surface area contributed by atoms with E-state index in [0.717, 1.165) is 17.9 Å². The van der Waals surface area contributed by atoms with Crippen LogP contribution in [0.5, 0.6) is 0 Å². The van der Waals surface area contributed by atoms with Crippen LogP contribution in [0.2, 0.25) is 0 Å². The standard InChI is InChI=1S/C19H19N3S/c1-12-6-8-14(9-7-12)16-11-17(16)18-20-21-19(23)22(18)15-5-3-4-13(2)10-15/h3-10,16-17H,11H2,1-2H3,(H,21,23)/t16-,17+/m1/s1. The Morgan fingerprint density at radius 3 is 2.57 bits per heavy atom. The van der Waals surface area contributed by atoms with Crippen molar-refractivity contribution in [2.45, 2.75) is 32.1 Å². The van der Waals surface area contributed by atoms with Crippen LogP contribution in [0.25, 0.3) is 5.69 Å². The van der Waals surface area contributed by atoms with Crippen LogP contribution in [0.4, 0.5) is 0 Å². The summed E-state index contributed by atoms with van der Waals surface area (Å²) in [4.78, 5) is 0. The number of nitrogens with zero attached hydrogens (tertiary/aromatic N) is 2. The minimum absolute atomic E-state index is 0.436. The van der Waals surface area contributed by atoms with E-state index in [1.165, 1.54) is 16.7 Å². The van der Waals surface area contributed by atoms with Gasteiger partial charge in [-0.15, -0.1) is 0 Å². The Morgan fingerprint density at radius 2 is 1.83 bits per heavy atom. The Labute approximate surface area is 141 Å². The van der Waals surface area contributed by atoms with Crippen molar-refractivity contribution >= 4 is 12.2 Å². The fourth-order valence-electron chi connectivity index (χ4n) is 3.24. The summed E-state index contributed by atoms with van der Waals surface area (Å²) in [6.07, 6.45) is 1.13. The molecule has 1 fully saturated rings. The number of H-pyrrole nitrogens is 1. The summed E-state index contributed by atoms with van der Waals surface area (Å²) in [6.45, 7) is 4.22. The smallest absolute Gasteiger partial charge is 0.199 e. The molecule has 4 rings (SSSR count). The van der Waals surface area contributed by atoms with E-state index in [1.54, 1.807) is 0 Å². The summed E-state index contributed by atoms with van der Waals surface area (Å²) in [5.41, 5.74) is 5.01. The Kier molecular flexibility index (Phi) is 3.42. The zero-order valence-electron chi connectivity index (χ0n) is 13.3. The maximum atomic E-state index is 5.46. The molecule has 0 unspecified atom stereocenters. The van der Waals surface area contributed by atoms with Crippen molar-refractivity contribution in [2.75, 3.05) is 0 Å².